The maximum absolute atomic E-state index is 2.53. The van der Waals surface area contributed by atoms with Crippen LogP contribution in [-0.4, -0.2) is 0 Å². The van der Waals surface area contributed by atoms with Crippen LogP contribution in [0.5, 0.6) is 0 Å². The van der Waals surface area contributed by atoms with Crippen molar-refractivity contribution < 1.29 is 0 Å². The van der Waals surface area contributed by atoms with E-state index < -0.39 is 28.1 Å². The molecule has 13 aromatic rings. The summed E-state index contributed by atoms with van der Waals surface area (Å²) in [6.45, 7) is 20.1. The van der Waals surface area contributed by atoms with E-state index in [2.05, 4.69) is 174 Å². The molecule has 0 fully saturated rings. The fourth-order valence-corrected chi connectivity index (χ4v) is 42.1. The Bertz CT molecular complexity index is 3570. The Morgan fingerprint density at radius 1 is 0.235 bits per heavy atom. The third-order valence-corrected chi connectivity index (χ3v) is 39.6. The molecule has 0 nitrogen and oxygen atoms in total. The standard InChI is InChI=1S/C56H44P4S8/c1-29-33(5)53-54-34(6)30(2)51(47-23-19-43(67-47)39-15-11-27-63-39)59(54)60-52(48-24-20-44(68-48)40-16-12-28-64-40)32(4)36(8)56(60)55-35(7)31(3)50(46-22-18-42(66-46)38-14-10-26-62-38)58(55)57(53)49(29)45-21-17-41(65-45)37-13-9-25-61-37/h9-28H,1-8H3. The molecule has 4 unspecified atom stereocenters. The van der Waals surface area contributed by atoms with Crippen LogP contribution in [-0.2, 0) is 0 Å². The molecule has 0 aliphatic rings. The topological polar surface area (TPSA) is 0 Å². The largest absolute Gasteiger partial charge is 0.143 e. The predicted octanol–water partition coefficient (Wildman–Crippen LogP) is 24.3. The number of hydrogen-bond donors (Lipinski definition) is 0. The normalized spacial score (nSPS) is 13.2. The summed E-state index contributed by atoms with van der Waals surface area (Å²) in [6, 6.07) is 37.7. The quantitative estimate of drug-likeness (QED) is 0.142. The van der Waals surface area contributed by atoms with Crippen LogP contribution in [0, 0.1) is 55.4 Å². The summed E-state index contributed by atoms with van der Waals surface area (Å²) in [5.74, 6) is 0. The Balaban J connectivity index is 1.29. The zero-order valence-corrected chi connectivity index (χ0v) is 48.7. The first-order valence-electron chi connectivity index (χ1n) is 22.5. The van der Waals surface area contributed by atoms with Crippen molar-refractivity contribution in [3.63, 3.8) is 0 Å². The Kier molecular flexibility index (Phi) is 11.3. The van der Waals surface area contributed by atoms with Crippen LogP contribution in [0.3, 0.4) is 0 Å². The average Bonchev–Trinajstić information content (AvgIpc) is 4.18. The van der Waals surface area contributed by atoms with Crippen molar-refractivity contribution in [2.24, 2.45) is 0 Å². The molecule has 13 aromatic heterocycles. The van der Waals surface area contributed by atoms with Gasteiger partial charge in [0.05, 0.1) is 0 Å². The second kappa shape index (κ2) is 17.2. The van der Waals surface area contributed by atoms with Gasteiger partial charge in [-0.1, -0.05) is 52.3 Å². The van der Waals surface area contributed by atoms with Gasteiger partial charge in [-0.3, -0.25) is 0 Å². The van der Waals surface area contributed by atoms with E-state index in [1.54, 1.807) is 63.9 Å². The maximum Gasteiger partial charge on any atom is 0.0449 e. The Morgan fingerprint density at radius 3 is 0.632 bits per heavy atom. The third kappa shape index (κ3) is 6.71. The molecular weight excluding hydrogens is 1050 g/mol. The van der Waals surface area contributed by atoms with Gasteiger partial charge in [-0.15, -0.1) is 90.7 Å². The highest BCUT2D eigenvalue weighted by Gasteiger charge is 2.32. The van der Waals surface area contributed by atoms with Crippen molar-refractivity contribution >= 4 is 139 Å². The zero-order chi connectivity index (χ0) is 46.3. The molecule has 0 aliphatic carbocycles. The van der Waals surface area contributed by atoms with Crippen LogP contribution < -0.4 is 0 Å². The minimum Gasteiger partial charge on any atom is -0.143 e. The highest BCUT2D eigenvalue weighted by molar-refractivity contribution is 8.16. The van der Waals surface area contributed by atoms with Gasteiger partial charge in [0.25, 0.3) is 0 Å². The second-order valence-corrected chi connectivity index (χ2v) is 36.6. The van der Waals surface area contributed by atoms with Crippen LogP contribution >= 0.6 is 119 Å². The molecule has 0 aromatic carbocycles. The molecule has 0 radical (unpaired) electrons. The lowest BCUT2D eigenvalue weighted by Gasteiger charge is -2.11. The van der Waals surface area contributed by atoms with E-state index in [4.69, 9.17) is 0 Å². The fourth-order valence-electron chi connectivity index (χ4n) is 10.3. The lowest BCUT2D eigenvalue weighted by molar-refractivity contribution is 1.41. The summed E-state index contributed by atoms with van der Waals surface area (Å²) >= 11 is 15.6. The first-order chi connectivity index (χ1) is 33.1. The maximum atomic E-state index is 2.53. The van der Waals surface area contributed by atoms with E-state index >= 15 is 0 Å². The van der Waals surface area contributed by atoms with E-state index in [0.717, 1.165) is 0 Å². The van der Waals surface area contributed by atoms with Gasteiger partial charge in [0.1, 0.15) is 0 Å². The minimum atomic E-state index is -0.824. The monoisotopic (exact) mass is 1100 g/mol. The van der Waals surface area contributed by atoms with E-state index in [0.29, 0.717) is 0 Å². The molecule has 0 aliphatic heterocycles. The van der Waals surface area contributed by atoms with E-state index in [1.165, 1.54) is 80.8 Å². The SMILES string of the molecule is Cc1c(C)c2c3c(C)c(C)c(-c4ccc(-c5cccs5)s4)p3p3c(-c4ccc(-c5cccs5)s4)c(C)c(C)c3c3c(C)c(C)c(-c4ccc(-c5cccs5)s4)p3p2c1-c1ccc(-c2cccs2)s1. The van der Waals surface area contributed by atoms with Gasteiger partial charge in [-0.25, -0.2) is 0 Å². The predicted molar refractivity (Wildman–Crippen MR) is 322 cm³/mol. The molecule has 336 valence electrons. The zero-order valence-electron chi connectivity index (χ0n) is 38.6. The Morgan fingerprint density at radius 2 is 0.441 bits per heavy atom. The van der Waals surface area contributed by atoms with Crippen molar-refractivity contribution in [3.05, 3.63) is 163 Å². The summed E-state index contributed by atoms with van der Waals surface area (Å²) in [6.07, 6.45) is 0. The van der Waals surface area contributed by atoms with E-state index in [1.807, 2.05) is 90.7 Å². The molecule has 12 heteroatoms. The molecule has 4 atom stereocenters. The fraction of sp³-hybridized carbons (Fsp3) is 0.143. The minimum absolute atomic E-state index is 0.824. The number of hydrogen-bond acceptors (Lipinski definition) is 8. The van der Waals surface area contributed by atoms with E-state index in [-0.39, 0.29) is 0 Å². The van der Waals surface area contributed by atoms with Gasteiger partial charge in [0, 0.05) is 100 Å². The van der Waals surface area contributed by atoms with Gasteiger partial charge in [-0.05, 0) is 194 Å². The Labute approximate surface area is 433 Å². The van der Waals surface area contributed by atoms with Crippen LogP contribution in [0.1, 0.15) is 44.5 Å². The van der Waals surface area contributed by atoms with Gasteiger partial charge < -0.3 is 0 Å². The molecule has 13 heterocycles. The lowest BCUT2D eigenvalue weighted by atomic mass is 10.1. The summed E-state index contributed by atoms with van der Waals surface area (Å²) in [5, 5.41) is 22.4. The van der Waals surface area contributed by atoms with Gasteiger partial charge in [0.15, 0.2) is 0 Å². The number of thiophene rings is 8. The first kappa shape index (κ1) is 44.6. The number of aryl methyl sites for hydroxylation is 4. The lowest BCUT2D eigenvalue weighted by Crippen LogP contribution is -1.76. The molecule has 0 spiro atoms. The van der Waals surface area contributed by atoms with Crippen LogP contribution in [0.25, 0.3) is 100 Å². The van der Waals surface area contributed by atoms with Crippen molar-refractivity contribution in [1.29, 1.82) is 0 Å². The highest BCUT2D eigenvalue weighted by atomic mass is 32.1. The first-order valence-corrected chi connectivity index (χ1v) is 36.1. The molecule has 0 bridgehead atoms. The summed E-state index contributed by atoms with van der Waals surface area (Å²) < 4.78 is 0. The molecule has 0 saturated carbocycles. The van der Waals surface area contributed by atoms with Gasteiger partial charge in [0.2, 0.25) is 0 Å². The number of rotatable bonds is 8. The summed E-state index contributed by atoms with van der Waals surface area (Å²) in [7, 11) is -3.30. The van der Waals surface area contributed by atoms with Crippen molar-refractivity contribution in [1.82, 2.24) is 0 Å². The molecular formula is C56H44P4S8. The summed E-state index contributed by atoms with van der Waals surface area (Å²) in [5.41, 5.74) is 12.3. The van der Waals surface area contributed by atoms with Gasteiger partial charge in [-0.2, -0.15) is 0 Å². The Hall–Kier alpha value is -3.28. The third-order valence-electron chi connectivity index (χ3n) is 14.0. The smallest absolute Gasteiger partial charge is 0.0449 e. The molecule has 13 rings (SSSR count). The molecule has 0 amide bonds. The van der Waals surface area contributed by atoms with E-state index in [9.17, 15) is 0 Å². The number of fused-ring (bicyclic) bond motifs is 8. The highest BCUT2D eigenvalue weighted by Crippen LogP contribution is 2.76. The van der Waals surface area contributed by atoms with Crippen LogP contribution in [0.4, 0.5) is 0 Å². The molecule has 0 saturated heterocycles. The van der Waals surface area contributed by atoms with Crippen LogP contribution in [0.15, 0.2) is 119 Å². The summed E-state index contributed by atoms with van der Waals surface area (Å²) in [4.78, 5) is 16.9. The van der Waals surface area contributed by atoms with Crippen molar-refractivity contribution in [2.75, 3.05) is 0 Å². The van der Waals surface area contributed by atoms with Crippen molar-refractivity contribution in [2.45, 2.75) is 55.4 Å². The van der Waals surface area contributed by atoms with Crippen molar-refractivity contribution in [3.8, 4) is 79.7 Å². The average molecular weight is 1100 g/mol. The van der Waals surface area contributed by atoms with Crippen LogP contribution in [0.2, 0.25) is 0 Å². The molecule has 68 heavy (non-hydrogen) atoms. The van der Waals surface area contributed by atoms with Gasteiger partial charge >= 0.3 is 0 Å². The second-order valence-electron chi connectivity index (χ2n) is 17.6. The molecule has 0 N–H and O–H groups in total.